The van der Waals surface area contributed by atoms with E-state index in [0.717, 1.165) is 23.9 Å². The fraction of sp³-hybridized carbons (Fsp3) is 0.471. The number of hydrogen-bond acceptors (Lipinski definition) is 4. The predicted molar refractivity (Wildman–Crippen MR) is 88.8 cm³/mol. The Hall–Kier alpha value is -1.26. The van der Waals surface area contributed by atoms with Gasteiger partial charge in [-0.25, -0.2) is 4.98 Å². The molecule has 1 N–H and O–H groups in total. The molecule has 0 aliphatic heterocycles. The molecule has 0 radical (unpaired) electrons. The van der Waals surface area contributed by atoms with Crippen LogP contribution in [-0.2, 0) is 0 Å². The first-order valence-corrected chi connectivity index (χ1v) is 8.54. The molecule has 1 heterocycles. The van der Waals surface area contributed by atoms with Crippen molar-refractivity contribution in [3.05, 3.63) is 47.9 Å². The van der Waals surface area contributed by atoms with Gasteiger partial charge in [-0.05, 0) is 30.0 Å². The third-order valence-corrected chi connectivity index (χ3v) is 4.38. The van der Waals surface area contributed by atoms with E-state index in [1.165, 1.54) is 11.1 Å². The second-order valence-corrected chi connectivity index (χ2v) is 6.41. The van der Waals surface area contributed by atoms with Gasteiger partial charge in [0.1, 0.15) is 6.26 Å². The Balaban J connectivity index is 2.03. The van der Waals surface area contributed by atoms with E-state index in [9.17, 15) is 0 Å². The van der Waals surface area contributed by atoms with Crippen molar-refractivity contribution in [2.45, 2.75) is 44.4 Å². The standard InChI is InChI=1S/C17H24N2OS/c1-4-9-18-16(12-21-17-19-10-11-20-17)15-7-5-14(6-8-15)13(2)3/h5-8,10-11,13,16,18H,4,9,12H2,1-3H3. The van der Waals surface area contributed by atoms with Gasteiger partial charge in [0.15, 0.2) is 0 Å². The zero-order valence-electron chi connectivity index (χ0n) is 13.0. The molecular formula is C17H24N2OS. The van der Waals surface area contributed by atoms with Crippen LogP contribution in [0.1, 0.15) is 50.3 Å². The van der Waals surface area contributed by atoms with Crippen LogP contribution >= 0.6 is 11.8 Å². The first-order valence-electron chi connectivity index (χ1n) is 7.56. The number of nitrogens with one attached hydrogen (secondary N) is 1. The van der Waals surface area contributed by atoms with Gasteiger partial charge in [0.2, 0.25) is 0 Å². The molecule has 2 rings (SSSR count). The van der Waals surface area contributed by atoms with Crippen LogP contribution in [0.3, 0.4) is 0 Å². The maximum absolute atomic E-state index is 5.30. The summed E-state index contributed by atoms with van der Waals surface area (Å²) in [5, 5.41) is 4.34. The Morgan fingerprint density at radius 2 is 1.90 bits per heavy atom. The minimum Gasteiger partial charge on any atom is -0.440 e. The van der Waals surface area contributed by atoms with Gasteiger partial charge in [-0.15, -0.1) is 0 Å². The Morgan fingerprint density at radius 1 is 1.19 bits per heavy atom. The van der Waals surface area contributed by atoms with Crippen molar-refractivity contribution in [2.75, 3.05) is 12.3 Å². The lowest BCUT2D eigenvalue weighted by Gasteiger charge is -2.18. The summed E-state index contributed by atoms with van der Waals surface area (Å²) in [6, 6.07) is 9.26. The van der Waals surface area contributed by atoms with Crippen molar-refractivity contribution in [1.29, 1.82) is 0 Å². The van der Waals surface area contributed by atoms with E-state index in [0.29, 0.717) is 12.0 Å². The lowest BCUT2D eigenvalue weighted by atomic mass is 9.99. The third kappa shape index (κ3) is 4.90. The molecule has 0 aliphatic rings. The fourth-order valence-corrected chi connectivity index (χ4v) is 3.02. The summed E-state index contributed by atoms with van der Waals surface area (Å²) >= 11 is 1.65. The summed E-state index contributed by atoms with van der Waals surface area (Å²) in [6.45, 7) is 7.65. The van der Waals surface area contributed by atoms with E-state index in [4.69, 9.17) is 4.42 Å². The molecule has 1 aromatic carbocycles. The lowest BCUT2D eigenvalue weighted by molar-refractivity contribution is 0.453. The zero-order chi connectivity index (χ0) is 15.1. The van der Waals surface area contributed by atoms with Crippen molar-refractivity contribution in [2.24, 2.45) is 0 Å². The van der Waals surface area contributed by atoms with Gasteiger partial charge >= 0.3 is 0 Å². The smallest absolute Gasteiger partial charge is 0.255 e. The van der Waals surface area contributed by atoms with E-state index < -0.39 is 0 Å². The molecule has 2 aromatic rings. The average molecular weight is 304 g/mol. The number of hydrogen-bond donors (Lipinski definition) is 1. The Kier molecular flexibility index (Phi) is 6.33. The minimum atomic E-state index is 0.322. The Bertz CT molecular complexity index is 508. The summed E-state index contributed by atoms with van der Waals surface area (Å²) in [4.78, 5) is 4.17. The second kappa shape index (κ2) is 8.25. The number of rotatable bonds is 8. The molecule has 0 saturated carbocycles. The highest BCUT2D eigenvalue weighted by Crippen LogP contribution is 2.25. The quantitative estimate of drug-likeness (QED) is 0.722. The molecule has 0 bridgehead atoms. The predicted octanol–water partition coefficient (Wildman–Crippen LogP) is 4.63. The maximum atomic E-state index is 5.30. The molecule has 0 spiro atoms. The molecule has 21 heavy (non-hydrogen) atoms. The lowest BCUT2D eigenvalue weighted by Crippen LogP contribution is -2.24. The van der Waals surface area contributed by atoms with Crippen LogP contribution in [0.4, 0.5) is 0 Å². The van der Waals surface area contributed by atoms with Gasteiger partial charge in [-0.2, -0.15) is 0 Å². The van der Waals surface area contributed by atoms with Crippen LogP contribution in [0.25, 0.3) is 0 Å². The molecule has 0 aliphatic carbocycles. The van der Waals surface area contributed by atoms with E-state index in [1.807, 2.05) is 0 Å². The summed E-state index contributed by atoms with van der Waals surface area (Å²) in [6.07, 6.45) is 4.44. The molecule has 1 aromatic heterocycles. The molecule has 114 valence electrons. The summed E-state index contributed by atoms with van der Waals surface area (Å²) in [7, 11) is 0. The minimum absolute atomic E-state index is 0.322. The van der Waals surface area contributed by atoms with Crippen molar-refractivity contribution < 1.29 is 4.42 Å². The maximum Gasteiger partial charge on any atom is 0.255 e. The summed E-state index contributed by atoms with van der Waals surface area (Å²) in [5.41, 5.74) is 2.71. The van der Waals surface area contributed by atoms with Crippen LogP contribution in [0.5, 0.6) is 0 Å². The molecule has 3 nitrogen and oxygen atoms in total. The van der Waals surface area contributed by atoms with Gasteiger partial charge in [0.05, 0.1) is 6.20 Å². The molecule has 4 heteroatoms. The molecular weight excluding hydrogens is 280 g/mol. The topological polar surface area (TPSA) is 38.1 Å². The first-order chi connectivity index (χ1) is 10.2. The van der Waals surface area contributed by atoms with Crippen LogP contribution in [0.2, 0.25) is 0 Å². The Morgan fingerprint density at radius 3 is 2.48 bits per heavy atom. The zero-order valence-corrected chi connectivity index (χ0v) is 13.8. The highest BCUT2D eigenvalue weighted by Gasteiger charge is 2.13. The third-order valence-electron chi connectivity index (χ3n) is 3.43. The second-order valence-electron chi connectivity index (χ2n) is 5.44. The molecule has 0 fully saturated rings. The monoisotopic (exact) mass is 304 g/mol. The fourth-order valence-electron chi connectivity index (χ4n) is 2.14. The van der Waals surface area contributed by atoms with Crippen molar-refractivity contribution in [3.63, 3.8) is 0 Å². The van der Waals surface area contributed by atoms with Crippen molar-refractivity contribution in [1.82, 2.24) is 10.3 Å². The normalized spacial score (nSPS) is 12.8. The largest absolute Gasteiger partial charge is 0.440 e. The molecule has 1 unspecified atom stereocenters. The van der Waals surface area contributed by atoms with Gasteiger partial charge < -0.3 is 9.73 Å². The first kappa shape index (κ1) is 16.1. The molecule has 0 saturated heterocycles. The van der Waals surface area contributed by atoms with Crippen LogP contribution in [-0.4, -0.2) is 17.3 Å². The van der Waals surface area contributed by atoms with Crippen molar-refractivity contribution >= 4 is 11.8 Å². The highest BCUT2D eigenvalue weighted by atomic mass is 32.2. The van der Waals surface area contributed by atoms with E-state index in [2.05, 4.69) is 55.3 Å². The van der Waals surface area contributed by atoms with Gasteiger partial charge in [0.25, 0.3) is 5.22 Å². The SMILES string of the molecule is CCCNC(CSc1ncco1)c1ccc(C(C)C)cc1. The van der Waals surface area contributed by atoms with Crippen molar-refractivity contribution in [3.8, 4) is 0 Å². The highest BCUT2D eigenvalue weighted by molar-refractivity contribution is 7.99. The number of thioether (sulfide) groups is 1. The molecule has 0 amide bonds. The number of aromatic nitrogens is 1. The average Bonchev–Trinajstić information content (AvgIpc) is 3.01. The summed E-state index contributed by atoms with van der Waals surface area (Å²) in [5.74, 6) is 1.49. The van der Waals surface area contributed by atoms with E-state index in [-0.39, 0.29) is 0 Å². The van der Waals surface area contributed by atoms with E-state index in [1.54, 1.807) is 24.2 Å². The van der Waals surface area contributed by atoms with E-state index >= 15 is 0 Å². The molecule has 1 atom stereocenters. The number of oxazole rings is 1. The summed E-state index contributed by atoms with van der Waals surface area (Å²) < 4.78 is 5.30. The van der Waals surface area contributed by atoms with Crippen LogP contribution < -0.4 is 5.32 Å². The Labute approximate surface area is 131 Å². The van der Waals surface area contributed by atoms with Gasteiger partial charge in [-0.3, -0.25) is 0 Å². The van der Waals surface area contributed by atoms with Crippen LogP contribution in [0, 0.1) is 0 Å². The van der Waals surface area contributed by atoms with Crippen LogP contribution in [0.15, 0.2) is 46.4 Å². The van der Waals surface area contributed by atoms with Gasteiger partial charge in [-0.1, -0.05) is 56.8 Å². The number of benzene rings is 1. The number of nitrogens with zero attached hydrogens (tertiary/aromatic N) is 1. The van der Waals surface area contributed by atoms with Gasteiger partial charge in [0, 0.05) is 11.8 Å².